The third-order valence-electron chi connectivity index (χ3n) is 3.99. The molecule has 0 spiro atoms. The average Bonchev–Trinajstić information content (AvgIpc) is 2.97. The van der Waals surface area contributed by atoms with E-state index in [0.29, 0.717) is 10.9 Å². The fourth-order valence-corrected chi connectivity index (χ4v) is 3.53. The number of Topliss-reactive ketones (excluding diaryl/α,β-unsaturated/α-hetero) is 1. The van der Waals surface area contributed by atoms with Crippen molar-refractivity contribution in [1.29, 1.82) is 0 Å². The Bertz CT molecular complexity index is 1120. The zero-order chi connectivity index (χ0) is 18.9. The molecule has 8 heteroatoms. The van der Waals surface area contributed by atoms with Gasteiger partial charge < -0.3 is 4.57 Å². The molecule has 0 aliphatic carbocycles. The number of aryl methyl sites for hydroxylation is 1. The fraction of sp³-hybridized carbons (Fsp3) is 0.111. The third kappa shape index (κ3) is 3.37. The van der Waals surface area contributed by atoms with Gasteiger partial charge in [-0.05, 0) is 25.1 Å². The lowest BCUT2D eigenvalue weighted by atomic mass is 10.2. The fourth-order valence-electron chi connectivity index (χ4n) is 2.64. The van der Waals surface area contributed by atoms with Crippen LogP contribution in [-0.2, 0) is 17.1 Å². The van der Waals surface area contributed by atoms with Crippen molar-refractivity contribution in [2.24, 2.45) is 7.05 Å². The number of sulfonamides is 1. The number of nitrogens with one attached hydrogen (secondary N) is 2. The highest BCUT2D eigenvalue weighted by Crippen LogP contribution is 2.20. The molecular weight excluding hydrogens is 354 g/mol. The number of aromatic nitrogens is 1. The van der Waals surface area contributed by atoms with Crippen molar-refractivity contribution in [2.45, 2.75) is 11.8 Å². The van der Waals surface area contributed by atoms with Crippen molar-refractivity contribution < 1.29 is 18.0 Å². The van der Waals surface area contributed by atoms with Gasteiger partial charge in [-0.3, -0.25) is 15.0 Å². The second kappa shape index (κ2) is 6.74. The molecule has 0 aliphatic rings. The molecule has 1 heterocycles. The predicted molar refractivity (Wildman–Crippen MR) is 97.2 cm³/mol. The van der Waals surface area contributed by atoms with Gasteiger partial charge in [-0.15, -0.1) is 4.83 Å². The lowest BCUT2D eigenvalue weighted by molar-refractivity contribution is 0.0945. The van der Waals surface area contributed by atoms with E-state index in [2.05, 4.69) is 10.3 Å². The van der Waals surface area contributed by atoms with Crippen LogP contribution in [0.2, 0.25) is 0 Å². The number of hydrogen-bond acceptors (Lipinski definition) is 4. The summed E-state index contributed by atoms with van der Waals surface area (Å²) in [5.41, 5.74) is 3.69. The molecule has 7 nitrogen and oxygen atoms in total. The first kappa shape index (κ1) is 17.8. The Morgan fingerprint density at radius 2 is 1.77 bits per heavy atom. The second-order valence-corrected chi connectivity index (χ2v) is 7.50. The molecule has 0 unspecified atom stereocenters. The smallest absolute Gasteiger partial charge is 0.268 e. The minimum absolute atomic E-state index is 0.108. The number of fused-ring (bicyclic) bond motifs is 1. The summed E-state index contributed by atoms with van der Waals surface area (Å²) in [4.78, 5) is 25.8. The summed E-state index contributed by atoms with van der Waals surface area (Å²) in [6.45, 7) is 1.35. The maximum Gasteiger partial charge on any atom is 0.268 e. The number of carbonyl (C=O) groups is 2. The van der Waals surface area contributed by atoms with Gasteiger partial charge in [-0.1, -0.05) is 30.3 Å². The highest BCUT2D eigenvalue weighted by atomic mass is 32.2. The van der Waals surface area contributed by atoms with E-state index in [4.69, 9.17) is 0 Å². The highest BCUT2D eigenvalue weighted by molar-refractivity contribution is 7.89. The number of nitrogens with zero attached hydrogens (tertiary/aromatic N) is 1. The molecule has 2 N–H and O–H groups in total. The molecule has 0 saturated heterocycles. The van der Waals surface area contributed by atoms with E-state index in [1.54, 1.807) is 29.9 Å². The van der Waals surface area contributed by atoms with Crippen molar-refractivity contribution in [3.05, 3.63) is 65.9 Å². The van der Waals surface area contributed by atoms with E-state index in [1.165, 1.54) is 31.2 Å². The summed E-state index contributed by atoms with van der Waals surface area (Å²) in [5.74, 6) is -0.824. The van der Waals surface area contributed by atoms with Crippen molar-refractivity contribution in [3.8, 4) is 0 Å². The Balaban J connectivity index is 1.82. The van der Waals surface area contributed by atoms with Crippen LogP contribution >= 0.6 is 0 Å². The van der Waals surface area contributed by atoms with E-state index >= 15 is 0 Å². The minimum Gasteiger partial charge on any atom is -0.350 e. The molecule has 3 aromatic rings. The van der Waals surface area contributed by atoms with Crippen LogP contribution in [0.25, 0.3) is 10.9 Å². The van der Waals surface area contributed by atoms with Gasteiger partial charge >= 0.3 is 0 Å². The molecule has 1 aromatic heterocycles. The van der Waals surface area contributed by atoms with Crippen molar-refractivity contribution in [2.75, 3.05) is 0 Å². The molecule has 0 radical (unpaired) electrons. The first-order chi connectivity index (χ1) is 12.3. The summed E-state index contributed by atoms with van der Waals surface area (Å²) in [6, 6.07) is 12.9. The summed E-state index contributed by atoms with van der Waals surface area (Å²) < 4.78 is 26.5. The maximum absolute atomic E-state index is 12.4. The normalized spacial score (nSPS) is 11.5. The number of amides is 1. The van der Waals surface area contributed by atoms with Crippen molar-refractivity contribution >= 4 is 32.6 Å². The summed E-state index contributed by atoms with van der Waals surface area (Å²) in [6.07, 6.45) is 1.63. The van der Waals surface area contributed by atoms with Gasteiger partial charge in [0.25, 0.3) is 15.9 Å². The lowest BCUT2D eigenvalue weighted by Gasteiger charge is -2.09. The van der Waals surface area contributed by atoms with Crippen LogP contribution in [-0.4, -0.2) is 24.7 Å². The summed E-state index contributed by atoms with van der Waals surface area (Å²) in [7, 11) is -2.20. The number of rotatable bonds is 5. The Morgan fingerprint density at radius 3 is 2.50 bits per heavy atom. The first-order valence-electron chi connectivity index (χ1n) is 7.77. The molecular formula is C18H17N3O4S. The van der Waals surface area contributed by atoms with Gasteiger partial charge in [0.1, 0.15) is 0 Å². The first-order valence-corrected chi connectivity index (χ1v) is 9.25. The van der Waals surface area contributed by atoms with E-state index in [9.17, 15) is 18.0 Å². The quantitative estimate of drug-likeness (QED) is 0.529. The predicted octanol–water partition coefficient (Wildman–Crippen LogP) is 2.00. The maximum atomic E-state index is 12.4. The standard InChI is InChI=1S/C18H17N3O4S/c1-12(22)13-6-5-7-14(10-13)26(24,25)20-19-18(23)16-11-21(2)17-9-4-3-8-15(16)17/h3-11,20H,1-2H3,(H,19,23). The topological polar surface area (TPSA) is 97.3 Å². The van der Waals surface area contributed by atoms with E-state index in [1.807, 2.05) is 12.1 Å². The van der Waals surface area contributed by atoms with Crippen LogP contribution in [0.3, 0.4) is 0 Å². The molecule has 0 saturated carbocycles. The average molecular weight is 371 g/mol. The van der Waals surface area contributed by atoms with Crippen LogP contribution in [0, 0.1) is 0 Å². The molecule has 0 bridgehead atoms. The number of ketones is 1. The molecule has 26 heavy (non-hydrogen) atoms. The van der Waals surface area contributed by atoms with E-state index in [0.717, 1.165) is 5.52 Å². The van der Waals surface area contributed by atoms with Crippen LogP contribution in [0.5, 0.6) is 0 Å². The number of benzene rings is 2. The van der Waals surface area contributed by atoms with Gasteiger partial charge in [0.15, 0.2) is 5.78 Å². The molecule has 2 aromatic carbocycles. The third-order valence-corrected chi connectivity index (χ3v) is 5.24. The van der Waals surface area contributed by atoms with Gasteiger partial charge in [-0.2, -0.15) is 0 Å². The van der Waals surface area contributed by atoms with E-state index in [-0.39, 0.29) is 16.2 Å². The van der Waals surface area contributed by atoms with Crippen LogP contribution in [0.15, 0.2) is 59.6 Å². The summed E-state index contributed by atoms with van der Waals surface area (Å²) in [5, 5.41) is 0.713. The van der Waals surface area contributed by atoms with Gasteiger partial charge in [0.05, 0.1) is 10.5 Å². The SMILES string of the molecule is CC(=O)c1cccc(S(=O)(=O)NNC(=O)c2cn(C)c3ccccc23)c1. The monoisotopic (exact) mass is 371 g/mol. The van der Waals surface area contributed by atoms with Gasteiger partial charge in [0.2, 0.25) is 0 Å². The Kier molecular flexibility index (Phi) is 4.62. The molecule has 1 amide bonds. The van der Waals surface area contributed by atoms with Crippen molar-refractivity contribution in [3.63, 3.8) is 0 Å². The zero-order valence-electron chi connectivity index (χ0n) is 14.2. The lowest BCUT2D eigenvalue weighted by Crippen LogP contribution is -2.41. The number of para-hydroxylation sites is 1. The number of hydrazine groups is 1. The molecule has 0 aliphatic heterocycles. The van der Waals surface area contributed by atoms with E-state index < -0.39 is 15.9 Å². The molecule has 3 rings (SSSR count). The Hall–Kier alpha value is -2.97. The van der Waals surface area contributed by atoms with Gasteiger partial charge in [0, 0.05) is 29.7 Å². The highest BCUT2D eigenvalue weighted by Gasteiger charge is 2.19. The number of carbonyl (C=O) groups excluding carboxylic acids is 2. The largest absolute Gasteiger partial charge is 0.350 e. The van der Waals surface area contributed by atoms with Gasteiger partial charge in [-0.25, -0.2) is 8.42 Å². The zero-order valence-corrected chi connectivity index (χ0v) is 15.0. The summed E-state index contributed by atoms with van der Waals surface area (Å²) >= 11 is 0. The minimum atomic E-state index is -4.01. The van der Waals surface area contributed by atoms with Crippen molar-refractivity contribution in [1.82, 2.24) is 14.8 Å². The molecule has 0 fully saturated rings. The number of hydrogen-bond donors (Lipinski definition) is 2. The van der Waals surface area contributed by atoms with Crippen LogP contribution in [0.1, 0.15) is 27.6 Å². The van der Waals surface area contributed by atoms with Crippen LogP contribution < -0.4 is 10.3 Å². The second-order valence-electron chi connectivity index (χ2n) is 5.81. The Labute approximate surface area is 150 Å². The molecule has 134 valence electrons. The molecule has 0 atom stereocenters. The van der Waals surface area contributed by atoms with Crippen LogP contribution in [0.4, 0.5) is 0 Å². The Morgan fingerprint density at radius 1 is 1.04 bits per heavy atom.